The molecular formula is C14H13FN2O2S. The quantitative estimate of drug-likeness (QED) is 0.831. The van der Waals surface area contributed by atoms with Gasteiger partial charge in [0.2, 0.25) is 5.91 Å². The summed E-state index contributed by atoms with van der Waals surface area (Å²) in [7, 11) is 0. The molecule has 104 valence electrons. The number of hydrogen-bond acceptors (Lipinski definition) is 3. The SMILES string of the molecule is NC(=S)c1cc(NC(=O)CCc2ccco2)ccc1F. The lowest BCUT2D eigenvalue weighted by Gasteiger charge is -2.07. The number of nitrogens with one attached hydrogen (secondary N) is 1. The number of aryl methyl sites for hydroxylation is 1. The average Bonchev–Trinajstić information content (AvgIpc) is 2.91. The lowest BCUT2D eigenvalue weighted by molar-refractivity contribution is -0.116. The van der Waals surface area contributed by atoms with Crippen molar-refractivity contribution in [2.75, 3.05) is 5.32 Å². The van der Waals surface area contributed by atoms with Gasteiger partial charge in [-0.3, -0.25) is 4.79 Å². The molecule has 4 nitrogen and oxygen atoms in total. The molecule has 2 aromatic rings. The molecule has 0 aliphatic heterocycles. The number of hydrogen-bond donors (Lipinski definition) is 2. The van der Waals surface area contributed by atoms with Crippen molar-refractivity contribution in [1.29, 1.82) is 0 Å². The molecule has 0 aliphatic carbocycles. The molecule has 0 saturated heterocycles. The van der Waals surface area contributed by atoms with E-state index in [0.717, 1.165) is 5.76 Å². The molecule has 0 unspecified atom stereocenters. The lowest BCUT2D eigenvalue weighted by Crippen LogP contribution is -2.15. The van der Waals surface area contributed by atoms with Gasteiger partial charge in [0.25, 0.3) is 0 Å². The van der Waals surface area contributed by atoms with E-state index in [4.69, 9.17) is 22.4 Å². The molecule has 1 aromatic heterocycles. The second kappa shape index (κ2) is 6.29. The van der Waals surface area contributed by atoms with Crippen LogP contribution in [-0.4, -0.2) is 10.9 Å². The first-order valence-corrected chi connectivity index (χ1v) is 6.38. The summed E-state index contributed by atoms with van der Waals surface area (Å²) in [6, 6.07) is 7.67. The van der Waals surface area contributed by atoms with E-state index in [1.54, 1.807) is 18.4 Å². The van der Waals surface area contributed by atoms with Crippen molar-refractivity contribution in [1.82, 2.24) is 0 Å². The maximum Gasteiger partial charge on any atom is 0.224 e. The first kappa shape index (κ1) is 14.2. The average molecular weight is 292 g/mol. The van der Waals surface area contributed by atoms with Crippen LogP contribution in [0.5, 0.6) is 0 Å². The maximum absolute atomic E-state index is 13.4. The first-order chi connectivity index (χ1) is 9.56. The van der Waals surface area contributed by atoms with Crippen LogP contribution in [0.3, 0.4) is 0 Å². The molecule has 1 amide bonds. The van der Waals surface area contributed by atoms with Crippen molar-refractivity contribution >= 4 is 28.8 Å². The summed E-state index contributed by atoms with van der Waals surface area (Å²) in [6.07, 6.45) is 2.33. The third-order valence-corrected chi connectivity index (χ3v) is 2.91. The zero-order valence-electron chi connectivity index (χ0n) is 10.6. The fourth-order valence-corrected chi connectivity index (χ4v) is 1.86. The number of benzene rings is 1. The van der Waals surface area contributed by atoms with E-state index in [9.17, 15) is 9.18 Å². The zero-order chi connectivity index (χ0) is 14.5. The van der Waals surface area contributed by atoms with Crippen molar-refractivity contribution in [3.05, 3.63) is 53.7 Å². The molecule has 0 fully saturated rings. The lowest BCUT2D eigenvalue weighted by atomic mass is 10.1. The Morgan fingerprint density at radius 3 is 2.85 bits per heavy atom. The molecule has 20 heavy (non-hydrogen) atoms. The highest BCUT2D eigenvalue weighted by molar-refractivity contribution is 7.80. The number of rotatable bonds is 5. The largest absolute Gasteiger partial charge is 0.469 e. The molecule has 0 aliphatic rings. The van der Waals surface area contributed by atoms with Crippen LogP contribution < -0.4 is 11.1 Å². The summed E-state index contributed by atoms with van der Waals surface area (Å²) in [5.41, 5.74) is 5.98. The molecule has 0 radical (unpaired) electrons. The van der Waals surface area contributed by atoms with Crippen LogP contribution in [0.15, 0.2) is 41.0 Å². The maximum atomic E-state index is 13.4. The highest BCUT2D eigenvalue weighted by Crippen LogP contribution is 2.15. The number of anilines is 1. The van der Waals surface area contributed by atoms with Crippen LogP contribution in [0.1, 0.15) is 17.7 Å². The van der Waals surface area contributed by atoms with Gasteiger partial charge >= 0.3 is 0 Å². The molecule has 3 N–H and O–H groups in total. The summed E-state index contributed by atoms with van der Waals surface area (Å²) in [5.74, 6) is 0.0380. The second-order valence-electron chi connectivity index (χ2n) is 4.19. The van der Waals surface area contributed by atoms with Crippen LogP contribution in [0, 0.1) is 5.82 Å². The predicted molar refractivity (Wildman–Crippen MR) is 77.9 cm³/mol. The van der Waals surface area contributed by atoms with Crippen LogP contribution >= 0.6 is 12.2 Å². The van der Waals surface area contributed by atoms with Crippen LogP contribution in [0.4, 0.5) is 10.1 Å². The molecule has 6 heteroatoms. The van der Waals surface area contributed by atoms with Crippen molar-refractivity contribution in [2.24, 2.45) is 5.73 Å². The smallest absolute Gasteiger partial charge is 0.224 e. The minimum Gasteiger partial charge on any atom is -0.469 e. The van der Waals surface area contributed by atoms with Crippen molar-refractivity contribution in [3.8, 4) is 0 Å². The normalized spacial score (nSPS) is 10.2. The Hall–Kier alpha value is -2.21. The van der Waals surface area contributed by atoms with E-state index in [1.165, 1.54) is 18.2 Å². The van der Waals surface area contributed by atoms with Gasteiger partial charge in [-0.15, -0.1) is 0 Å². The minimum absolute atomic E-state index is 0.0471. The van der Waals surface area contributed by atoms with E-state index in [1.807, 2.05) is 0 Å². The van der Waals surface area contributed by atoms with Gasteiger partial charge in [-0.25, -0.2) is 4.39 Å². The highest BCUT2D eigenvalue weighted by atomic mass is 32.1. The Morgan fingerprint density at radius 1 is 1.40 bits per heavy atom. The third-order valence-electron chi connectivity index (χ3n) is 2.69. The van der Waals surface area contributed by atoms with Gasteiger partial charge in [-0.2, -0.15) is 0 Å². The van der Waals surface area contributed by atoms with E-state index in [0.29, 0.717) is 12.1 Å². The Kier molecular flexibility index (Phi) is 4.47. The molecule has 0 atom stereocenters. The van der Waals surface area contributed by atoms with Gasteiger partial charge in [0.15, 0.2) is 0 Å². The summed E-state index contributed by atoms with van der Waals surface area (Å²) in [4.78, 5) is 11.7. The predicted octanol–water partition coefficient (Wildman–Crippen LogP) is 2.62. The summed E-state index contributed by atoms with van der Waals surface area (Å²) in [6.45, 7) is 0. The van der Waals surface area contributed by atoms with Gasteiger partial charge in [0.05, 0.1) is 6.26 Å². The summed E-state index contributed by atoms with van der Waals surface area (Å²) >= 11 is 4.74. The standard InChI is InChI=1S/C14H13FN2O2S/c15-12-5-3-9(8-11(12)14(16)20)17-13(18)6-4-10-2-1-7-19-10/h1-3,5,7-8H,4,6H2,(H2,16,20)(H,17,18). The van der Waals surface area contributed by atoms with Gasteiger partial charge < -0.3 is 15.5 Å². The minimum atomic E-state index is -0.508. The molecular weight excluding hydrogens is 279 g/mol. The van der Waals surface area contributed by atoms with Crippen LogP contribution in [0.25, 0.3) is 0 Å². The van der Waals surface area contributed by atoms with E-state index in [2.05, 4.69) is 5.32 Å². The number of furan rings is 1. The van der Waals surface area contributed by atoms with Gasteiger partial charge in [-0.05, 0) is 30.3 Å². The van der Waals surface area contributed by atoms with Crippen molar-refractivity contribution in [3.63, 3.8) is 0 Å². The Labute approximate surface area is 120 Å². The topological polar surface area (TPSA) is 68.3 Å². The van der Waals surface area contributed by atoms with Crippen molar-refractivity contribution < 1.29 is 13.6 Å². The monoisotopic (exact) mass is 292 g/mol. The van der Waals surface area contributed by atoms with Gasteiger partial charge in [0, 0.05) is 24.1 Å². The van der Waals surface area contributed by atoms with Gasteiger partial charge in [0.1, 0.15) is 16.6 Å². The number of nitrogens with two attached hydrogens (primary N) is 1. The van der Waals surface area contributed by atoms with Crippen molar-refractivity contribution in [2.45, 2.75) is 12.8 Å². The van der Waals surface area contributed by atoms with Gasteiger partial charge in [-0.1, -0.05) is 12.2 Å². The molecule has 1 heterocycles. The Balaban J connectivity index is 1.97. The Bertz CT molecular complexity index is 626. The first-order valence-electron chi connectivity index (χ1n) is 5.98. The number of carbonyl (C=O) groups is 1. The van der Waals surface area contributed by atoms with Crippen LogP contribution in [-0.2, 0) is 11.2 Å². The number of thiocarbonyl (C=S) groups is 1. The summed E-state index contributed by atoms with van der Waals surface area (Å²) in [5, 5.41) is 2.66. The molecule has 2 rings (SSSR count). The highest BCUT2D eigenvalue weighted by Gasteiger charge is 2.09. The molecule has 0 bridgehead atoms. The fraction of sp³-hybridized carbons (Fsp3) is 0.143. The van der Waals surface area contributed by atoms with Crippen LogP contribution in [0.2, 0.25) is 0 Å². The van der Waals surface area contributed by atoms with E-state index < -0.39 is 5.82 Å². The molecule has 1 aromatic carbocycles. The zero-order valence-corrected chi connectivity index (χ0v) is 11.4. The fourth-order valence-electron chi connectivity index (χ4n) is 1.71. The number of carbonyl (C=O) groups excluding carboxylic acids is 1. The van der Waals surface area contributed by atoms with E-state index >= 15 is 0 Å². The van der Waals surface area contributed by atoms with E-state index in [-0.39, 0.29) is 22.9 Å². The molecule has 0 spiro atoms. The second-order valence-corrected chi connectivity index (χ2v) is 4.63. The number of halogens is 1. The number of amides is 1. The molecule has 0 saturated carbocycles. The third kappa shape index (κ3) is 3.64. The summed E-state index contributed by atoms with van der Waals surface area (Å²) < 4.78 is 18.5. The Morgan fingerprint density at radius 2 is 2.20 bits per heavy atom.